The minimum absolute atomic E-state index is 0.0590. The minimum atomic E-state index is -0.273. The first kappa shape index (κ1) is 16.3. The Hall–Kier alpha value is -2.08. The molecule has 0 aliphatic carbocycles. The van der Waals surface area contributed by atoms with E-state index in [-0.39, 0.29) is 11.9 Å². The molecule has 6 heteroatoms. The lowest BCUT2D eigenvalue weighted by atomic mass is 10.0. The van der Waals surface area contributed by atoms with Crippen molar-refractivity contribution >= 4 is 17.6 Å². The van der Waals surface area contributed by atoms with E-state index in [9.17, 15) is 9.59 Å². The summed E-state index contributed by atoms with van der Waals surface area (Å²) in [7, 11) is 5.73. The Bertz CT molecular complexity index is 519. The third-order valence-electron chi connectivity index (χ3n) is 4.10. The Kier molecular flexibility index (Phi) is 5.38. The van der Waals surface area contributed by atoms with Crippen molar-refractivity contribution in [2.45, 2.75) is 18.9 Å². The fourth-order valence-corrected chi connectivity index (χ4v) is 2.66. The van der Waals surface area contributed by atoms with Crippen LogP contribution in [0, 0.1) is 0 Å². The molecule has 1 heterocycles. The molecule has 1 saturated heterocycles. The van der Waals surface area contributed by atoms with Crippen LogP contribution in [0.15, 0.2) is 24.3 Å². The Morgan fingerprint density at radius 3 is 2.23 bits per heavy atom. The molecule has 0 unspecified atom stereocenters. The topological polar surface area (TPSA) is 64.7 Å². The molecule has 2 rings (SSSR count). The third kappa shape index (κ3) is 3.98. The van der Waals surface area contributed by atoms with Crippen LogP contribution < -0.4 is 10.6 Å². The first-order chi connectivity index (χ1) is 10.5. The van der Waals surface area contributed by atoms with Crippen molar-refractivity contribution in [2.75, 3.05) is 39.5 Å². The number of nitrogens with one attached hydrogen (secondary N) is 2. The van der Waals surface area contributed by atoms with Gasteiger partial charge in [-0.2, -0.15) is 0 Å². The number of rotatable bonds is 3. The molecule has 0 atom stereocenters. The molecule has 1 fully saturated rings. The quantitative estimate of drug-likeness (QED) is 0.891. The molecule has 0 saturated carbocycles. The molecule has 1 aliphatic rings. The first-order valence-electron chi connectivity index (χ1n) is 7.55. The number of carbonyl (C=O) groups is 2. The zero-order chi connectivity index (χ0) is 16.1. The molecule has 0 aromatic heterocycles. The third-order valence-corrected chi connectivity index (χ3v) is 4.10. The number of hydrogen-bond donors (Lipinski definition) is 2. The van der Waals surface area contributed by atoms with Gasteiger partial charge in [-0.3, -0.25) is 4.79 Å². The molecule has 0 bridgehead atoms. The predicted molar refractivity (Wildman–Crippen MR) is 87.1 cm³/mol. The SMILES string of the molecule is CNC(=O)Nc1ccc(C(=O)N2CCC(N(C)C)CC2)cc1. The summed E-state index contributed by atoms with van der Waals surface area (Å²) >= 11 is 0. The number of urea groups is 1. The average molecular weight is 304 g/mol. The van der Waals surface area contributed by atoms with Gasteiger partial charge >= 0.3 is 6.03 Å². The smallest absolute Gasteiger partial charge is 0.318 e. The number of likely N-dealkylation sites (tertiary alicyclic amines) is 1. The summed E-state index contributed by atoms with van der Waals surface area (Å²) in [6.45, 7) is 1.58. The van der Waals surface area contributed by atoms with Gasteiger partial charge in [0.2, 0.25) is 0 Å². The number of piperidine rings is 1. The summed E-state index contributed by atoms with van der Waals surface area (Å²) in [5, 5.41) is 5.16. The van der Waals surface area contributed by atoms with Crippen molar-refractivity contribution in [3.05, 3.63) is 29.8 Å². The molecule has 1 aromatic rings. The molecular weight excluding hydrogens is 280 g/mol. The van der Waals surface area contributed by atoms with Crippen LogP contribution in [0.3, 0.4) is 0 Å². The van der Waals surface area contributed by atoms with Crippen molar-refractivity contribution in [1.29, 1.82) is 0 Å². The molecule has 120 valence electrons. The fraction of sp³-hybridized carbons (Fsp3) is 0.500. The molecule has 1 aliphatic heterocycles. The number of hydrogen-bond acceptors (Lipinski definition) is 3. The van der Waals surface area contributed by atoms with Gasteiger partial charge in [0, 0.05) is 37.4 Å². The van der Waals surface area contributed by atoms with E-state index >= 15 is 0 Å². The highest BCUT2D eigenvalue weighted by atomic mass is 16.2. The summed E-state index contributed by atoms with van der Waals surface area (Å²) in [5.41, 5.74) is 1.33. The van der Waals surface area contributed by atoms with E-state index in [1.54, 1.807) is 31.3 Å². The average Bonchev–Trinajstić information content (AvgIpc) is 2.55. The summed E-state index contributed by atoms with van der Waals surface area (Å²) < 4.78 is 0. The van der Waals surface area contributed by atoms with E-state index in [1.807, 2.05) is 4.90 Å². The highest BCUT2D eigenvalue weighted by Crippen LogP contribution is 2.18. The van der Waals surface area contributed by atoms with Crippen molar-refractivity contribution in [1.82, 2.24) is 15.1 Å². The molecule has 3 amide bonds. The Balaban J connectivity index is 1.94. The molecule has 22 heavy (non-hydrogen) atoms. The monoisotopic (exact) mass is 304 g/mol. The second kappa shape index (κ2) is 7.26. The van der Waals surface area contributed by atoms with Crippen LogP contribution in [0.1, 0.15) is 23.2 Å². The number of anilines is 1. The zero-order valence-electron chi connectivity index (χ0n) is 13.4. The predicted octanol–water partition coefficient (Wildman–Crippen LogP) is 1.60. The fourth-order valence-electron chi connectivity index (χ4n) is 2.66. The highest BCUT2D eigenvalue weighted by Gasteiger charge is 2.24. The standard InChI is InChI=1S/C16H24N4O2/c1-17-16(22)18-13-6-4-12(5-7-13)15(21)20-10-8-14(9-11-20)19(2)3/h4-7,14H,8-11H2,1-3H3,(H2,17,18,22). The van der Waals surface area contributed by atoms with Crippen LogP contribution in [-0.4, -0.2) is 62.0 Å². The van der Waals surface area contributed by atoms with Crippen LogP contribution in [0.4, 0.5) is 10.5 Å². The summed E-state index contributed by atoms with van der Waals surface area (Å²) in [5.74, 6) is 0.0590. The Labute approximate surface area is 131 Å². The van der Waals surface area contributed by atoms with Gasteiger partial charge in [0.25, 0.3) is 5.91 Å². The maximum Gasteiger partial charge on any atom is 0.318 e. The summed E-state index contributed by atoms with van der Waals surface area (Å²) in [4.78, 5) is 27.8. The van der Waals surface area contributed by atoms with Crippen LogP contribution in [0.5, 0.6) is 0 Å². The van der Waals surface area contributed by atoms with Gasteiger partial charge in [-0.1, -0.05) is 0 Å². The van der Waals surface area contributed by atoms with Crippen molar-refractivity contribution < 1.29 is 9.59 Å². The van der Waals surface area contributed by atoms with Crippen LogP contribution in [-0.2, 0) is 0 Å². The van der Waals surface area contributed by atoms with Crippen LogP contribution >= 0.6 is 0 Å². The van der Waals surface area contributed by atoms with Crippen molar-refractivity contribution in [2.24, 2.45) is 0 Å². The number of carbonyl (C=O) groups excluding carboxylic acids is 2. The Morgan fingerprint density at radius 2 is 1.73 bits per heavy atom. The van der Waals surface area contributed by atoms with Gasteiger partial charge in [0.1, 0.15) is 0 Å². The lowest BCUT2D eigenvalue weighted by molar-refractivity contribution is 0.0663. The van der Waals surface area contributed by atoms with Gasteiger partial charge in [-0.25, -0.2) is 4.79 Å². The van der Waals surface area contributed by atoms with E-state index < -0.39 is 0 Å². The molecule has 2 N–H and O–H groups in total. The number of amides is 3. The molecule has 0 radical (unpaired) electrons. The van der Waals surface area contributed by atoms with Crippen LogP contribution in [0.25, 0.3) is 0 Å². The zero-order valence-corrected chi connectivity index (χ0v) is 13.4. The van der Waals surface area contributed by atoms with Crippen molar-refractivity contribution in [3.63, 3.8) is 0 Å². The minimum Gasteiger partial charge on any atom is -0.341 e. The maximum absolute atomic E-state index is 12.5. The van der Waals surface area contributed by atoms with Crippen molar-refractivity contribution in [3.8, 4) is 0 Å². The summed E-state index contributed by atoms with van der Waals surface area (Å²) in [6, 6.07) is 7.29. The molecular formula is C16H24N4O2. The highest BCUT2D eigenvalue weighted by molar-refractivity contribution is 5.95. The van der Waals surface area contributed by atoms with Crippen LogP contribution in [0.2, 0.25) is 0 Å². The van der Waals surface area contributed by atoms with Gasteiger partial charge < -0.3 is 20.4 Å². The van der Waals surface area contributed by atoms with Gasteiger partial charge in [-0.05, 0) is 51.2 Å². The second-order valence-corrected chi connectivity index (χ2v) is 5.77. The first-order valence-corrected chi connectivity index (χ1v) is 7.55. The maximum atomic E-state index is 12.5. The van der Waals surface area contributed by atoms with Gasteiger partial charge in [-0.15, -0.1) is 0 Å². The second-order valence-electron chi connectivity index (χ2n) is 5.77. The van der Waals surface area contributed by atoms with E-state index in [0.717, 1.165) is 25.9 Å². The normalized spacial score (nSPS) is 15.7. The molecule has 1 aromatic carbocycles. The van der Waals surface area contributed by atoms with E-state index in [2.05, 4.69) is 29.6 Å². The molecule has 6 nitrogen and oxygen atoms in total. The summed E-state index contributed by atoms with van der Waals surface area (Å²) in [6.07, 6.45) is 2.02. The van der Waals surface area contributed by atoms with E-state index in [0.29, 0.717) is 17.3 Å². The van der Waals surface area contributed by atoms with Gasteiger partial charge in [0.05, 0.1) is 0 Å². The van der Waals surface area contributed by atoms with E-state index in [4.69, 9.17) is 0 Å². The lowest BCUT2D eigenvalue weighted by Gasteiger charge is -2.35. The van der Waals surface area contributed by atoms with E-state index in [1.165, 1.54) is 0 Å². The number of nitrogens with zero attached hydrogens (tertiary/aromatic N) is 2. The largest absolute Gasteiger partial charge is 0.341 e. The molecule has 0 spiro atoms. The number of benzene rings is 1. The Morgan fingerprint density at radius 1 is 1.14 bits per heavy atom. The van der Waals surface area contributed by atoms with Gasteiger partial charge in [0.15, 0.2) is 0 Å². The lowest BCUT2D eigenvalue weighted by Crippen LogP contribution is -2.44.